The predicted octanol–water partition coefficient (Wildman–Crippen LogP) is 2.29. The number of aryl methyl sites for hydroxylation is 1. The molecule has 12 heteroatoms. The number of carbonyl (C=O) groups excluding carboxylic acids is 1. The lowest BCUT2D eigenvalue weighted by atomic mass is 10.2. The Labute approximate surface area is 201 Å². The summed E-state index contributed by atoms with van der Waals surface area (Å²) in [7, 11) is 2.80. The van der Waals surface area contributed by atoms with Gasteiger partial charge in [-0.15, -0.1) is 0 Å². The van der Waals surface area contributed by atoms with E-state index in [1.54, 1.807) is 24.3 Å². The number of rotatable bonds is 5. The van der Waals surface area contributed by atoms with Crippen molar-refractivity contribution >= 4 is 34.4 Å². The number of hydrogen-bond acceptors (Lipinski definition) is 8. The molecule has 1 N–H and O–H groups in total. The van der Waals surface area contributed by atoms with Crippen molar-refractivity contribution in [2.45, 2.75) is 5.03 Å². The summed E-state index contributed by atoms with van der Waals surface area (Å²) in [6, 6.07) is 10.9. The maximum atomic E-state index is 14.5. The number of aromatic nitrogens is 4. The fourth-order valence-corrected chi connectivity index (χ4v) is 4.42. The summed E-state index contributed by atoms with van der Waals surface area (Å²) in [5.74, 6) is 0.0797. The molecule has 0 saturated carbocycles. The smallest absolute Gasteiger partial charge is 0.332 e. The lowest BCUT2D eigenvalue weighted by Gasteiger charge is -2.12. The third-order valence-electron chi connectivity index (χ3n) is 5.38. The standard InChI is InChI=1S/C23H18FN5O5S/c1-28-20-18(22(31)29(2)23(28)32)21(27-19(26-20)13-5-3-4-6-14(13)24)35-10-17(30)25-12-7-8-15-16(9-12)34-11-33-15/h3-9H,10-11H2,1-2H3,(H,25,30). The number of halogens is 1. The van der Waals surface area contributed by atoms with E-state index in [1.807, 2.05) is 0 Å². The van der Waals surface area contributed by atoms with E-state index in [2.05, 4.69) is 15.3 Å². The minimum atomic E-state index is -0.609. The lowest BCUT2D eigenvalue weighted by Crippen LogP contribution is -2.37. The van der Waals surface area contributed by atoms with Gasteiger partial charge in [-0.05, 0) is 24.3 Å². The molecule has 10 nitrogen and oxygen atoms in total. The largest absolute Gasteiger partial charge is 0.454 e. The second kappa shape index (κ2) is 8.87. The molecule has 0 fully saturated rings. The summed E-state index contributed by atoms with van der Waals surface area (Å²) in [5.41, 5.74) is -0.531. The van der Waals surface area contributed by atoms with E-state index in [9.17, 15) is 18.8 Å². The molecule has 3 heterocycles. The molecular weight excluding hydrogens is 477 g/mol. The second-order valence-electron chi connectivity index (χ2n) is 7.64. The van der Waals surface area contributed by atoms with Crippen LogP contribution in [0.5, 0.6) is 11.5 Å². The SMILES string of the molecule is Cn1c(=O)c2c(SCC(=O)Nc3ccc4c(c3)OCO4)nc(-c3ccccc3F)nc2n(C)c1=O. The minimum absolute atomic E-state index is 0.00229. The van der Waals surface area contributed by atoms with Crippen molar-refractivity contribution in [3.05, 3.63) is 69.1 Å². The lowest BCUT2D eigenvalue weighted by molar-refractivity contribution is -0.113. The summed E-state index contributed by atoms with van der Waals surface area (Å²) in [6.07, 6.45) is 0. The van der Waals surface area contributed by atoms with Crippen molar-refractivity contribution in [1.29, 1.82) is 0 Å². The van der Waals surface area contributed by atoms with Crippen LogP contribution in [0.25, 0.3) is 22.4 Å². The van der Waals surface area contributed by atoms with Crippen molar-refractivity contribution in [2.75, 3.05) is 17.9 Å². The molecule has 178 valence electrons. The fraction of sp³-hybridized carbons (Fsp3) is 0.174. The summed E-state index contributed by atoms with van der Waals surface area (Å²) >= 11 is 0.985. The molecule has 1 aliphatic heterocycles. The number of nitrogens with zero attached hydrogens (tertiary/aromatic N) is 4. The van der Waals surface area contributed by atoms with Crippen LogP contribution in [0, 0.1) is 5.82 Å². The first kappa shape index (κ1) is 22.6. The molecule has 0 aliphatic carbocycles. The topological polar surface area (TPSA) is 117 Å². The van der Waals surface area contributed by atoms with Crippen molar-refractivity contribution < 1.29 is 18.7 Å². The van der Waals surface area contributed by atoms with Crippen molar-refractivity contribution in [1.82, 2.24) is 19.1 Å². The fourth-order valence-electron chi connectivity index (χ4n) is 3.60. The molecular formula is C23H18FN5O5S. The van der Waals surface area contributed by atoms with Gasteiger partial charge in [-0.1, -0.05) is 23.9 Å². The van der Waals surface area contributed by atoms with Crippen molar-refractivity contribution in [2.24, 2.45) is 14.1 Å². The van der Waals surface area contributed by atoms with Crippen LogP contribution in [-0.4, -0.2) is 37.6 Å². The van der Waals surface area contributed by atoms with E-state index >= 15 is 0 Å². The Morgan fingerprint density at radius 2 is 1.86 bits per heavy atom. The normalized spacial score (nSPS) is 12.2. The molecule has 0 unspecified atom stereocenters. The zero-order valence-corrected chi connectivity index (χ0v) is 19.4. The Hall–Kier alpha value is -4.19. The Morgan fingerprint density at radius 3 is 2.66 bits per heavy atom. The van der Waals surface area contributed by atoms with E-state index < -0.39 is 17.1 Å². The number of nitrogens with one attached hydrogen (secondary N) is 1. The third kappa shape index (κ3) is 4.12. The first-order valence-electron chi connectivity index (χ1n) is 10.4. The van der Waals surface area contributed by atoms with E-state index in [1.165, 1.54) is 36.9 Å². The highest BCUT2D eigenvalue weighted by Gasteiger charge is 2.20. The van der Waals surface area contributed by atoms with Gasteiger partial charge in [0.15, 0.2) is 23.0 Å². The molecule has 0 saturated heterocycles. The number of ether oxygens (including phenoxy) is 2. The number of thioether (sulfide) groups is 1. The average molecular weight is 495 g/mol. The molecule has 4 aromatic rings. The first-order chi connectivity index (χ1) is 16.8. The molecule has 0 atom stereocenters. The molecule has 1 aliphatic rings. The van der Waals surface area contributed by atoms with Gasteiger partial charge in [0.25, 0.3) is 5.56 Å². The Kier molecular flexibility index (Phi) is 5.73. The van der Waals surface area contributed by atoms with E-state index in [0.29, 0.717) is 17.2 Å². The molecule has 5 rings (SSSR count). The number of fused-ring (bicyclic) bond motifs is 2. The van der Waals surface area contributed by atoms with Gasteiger partial charge in [0.05, 0.1) is 11.3 Å². The van der Waals surface area contributed by atoms with Crippen LogP contribution in [0.3, 0.4) is 0 Å². The van der Waals surface area contributed by atoms with Gasteiger partial charge in [0.2, 0.25) is 12.7 Å². The Balaban J connectivity index is 1.51. The van der Waals surface area contributed by atoms with Crippen LogP contribution in [0.1, 0.15) is 0 Å². The highest BCUT2D eigenvalue weighted by molar-refractivity contribution is 8.00. The maximum Gasteiger partial charge on any atom is 0.332 e. The van der Waals surface area contributed by atoms with Crippen molar-refractivity contribution in [3.8, 4) is 22.9 Å². The van der Waals surface area contributed by atoms with Crippen LogP contribution >= 0.6 is 11.8 Å². The van der Waals surface area contributed by atoms with Gasteiger partial charge in [0.1, 0.15) is 16.2 Å². The number of benzene rings is 2. The summed E-state index contributed by atoms with van der Waals surface area (Å²) in [4.78, 5) is 46.8. The molecule has 1 amide bonds. The Morgan fingerprint density at radius 1 is 1.09 bits per heavy atom. The summed E-state index contributed by atoms with van der Waals surface area (Å²) in [5, 5.41) is 2.98. The van der Waals surface area contributed by atoms with Gasteiger partial charge >= 0.3 is 5.69 Å². The van der Waals surface area contributed by atoms with Gasteiger partial charge in [0, 0.05) is 25.8 Å². The van der Waals surface area contributed by atoms with Crippen LogP contribution in [0.2, 0.25) is 0 Å². The minimum Gasteiger partial charge on any atom is -0.454 e. The van der Waals surface area contributed by atoms with Gasteiger partial charge in [-0.2, -0.15) is 0 Å². The van der Waals surface area contributed by atoms with Crippen LogP contribution in [0.15, 0.2) is 57.1 Å². The van der Waals surface area contributed by atoms with Gasteiger partial charge in [-0.3, -0.25) is 18.7 Å². The van der Waals surface area contributed by atoms with Gasteiger partial charge < -0.3 is 14.8 Å². The third-order valence-corrected chi connectivity index (χ3v) is 6.35. The molecule has 2 aromatic carbocycles. The van der Waals surface area contributed by atoms with Crippen LogP contribution in [0.4, 0.5) is 10.1 Å². The number of amides is 1. The van der Waals surface area contributed by atoms with Crippen LogP contribution < -0.4 is 26.0 Å². The average Bonchev–Trinajstić information content (AvgIpc) is 3.32. The van der Waals surface area contributed by atoms with Gasteiger partial charge in [-0.25, -0.2) is 19.2 Å². The highest BCUT2D eigenvalue weighted by Crippen LogP contribution is 2.34. The molecule has 0 spiro atoms. The monoisotopic (exact) mass is 495 g/mol. The second-order valence-corrected chi connectivity index (χ2v) is 8.61. The quantitative estimate of drug-likeness (QED) is 0.331. The van der Waals surface area contributed by atoms with Crippen LogP contribution in [-0.2, 0) is 18.9 Å². The summed E-state index contributed by atoms with van der Waals surface area (Å²) < 4.78 is 27.2. The molecule has 0 bridgehead atoms. The first-order valence-corrected chi connectivity index (χ1v) is 11.4. The number of hydrogen-bond donors (Lipinski definition) is 1. The molecule has 35 heavy (non-hydrogen) atoms. The van der Waals surface area contributed by atoms with Crippen molar-refractivity contribution in [3.63, 3.8) is 0 Å². The van der Waals surface area contributed by atoms with E-state index in [-0.39, 0.29) is 45.9 Å². The zero-order valence-electron chi connectivity index (χ0n) is 18.6. The Bertz CT molecular complexity index is 1620. The zero-order chi connectivity index (χ0) is 24.7. The highest BCUT2D eigenvalue weighted by atomic mass is 32.2. The predicted molar refractivity (Wildman–Crippen MR) is 127 cm³/mol. The number of carbonyl (C=O) groups is 1. The van der Waals surface area contributed by atoms with E-state index in [4.69, 9.17) is 9.47 Å². The maximum absolute atomic E-state index is 14.5. The number of anilines is 1. The summed E-state index contributed by atoms with van der Waals surface area (Å²) in [6.45, 7) is 0.116. The molecule has 0 radical (unpaired) electrons. The van der Waals surface area contributed by atoms with E-state index in [0.717, 1.165) is 16.3 Å². The molecule has 2 aromatic heterocycles.